The monoisotopic (exact) mass is 901 g/mol. The first-order valence-corrected chi connectivity index (χ1v) is 26.4. The van der Waals surface area contributed by atoms with Crippen LogP contribution in [-0.4, -0.2) is 37.2 Å². The van der Waals surface area contributed by atoms with Crippen molar-refractivity contribution in [1.29, 1.82) is 0 Å². The molecule has 0 radical (unpaired) electrons. The zero-order valence-corrected chi connectivity index (χ0v) is 42.0. The summed E-state index contributed by atoms with van der Waals surface area (Å²) in [5, 5.41) is 0. The zero-order chi connectivity index (χ0) is 47.2. The molecule has 0 spiro atoms. The summed E-state index contributed by atoms with van der Waals surface area (Å²) < 4.78 is 16.7. The predicted octanol–water partition coefficient (Wildman–Crippen LogP) is 17.5. The number of carbonyl (C=O) groups excluding carboxylic acids is 3. The molecule has 0 aliphatic carbocycles. The van der Waals surface area contributed by atoms with Crippen LogP contribution in [0.4, 0.5) is 0 Å². The maximum Gasteiger partial charge on any atom is 0.306 e. The molecular formula is C59H96O6. The van der Waals surface area contributed by atoms with Crippen LogP contribution in [0.5, 0.6) is 0 Å². The lowest BCUT2D eigenvalue weighted by Gasteiger charge is -2.18. The minimum Gasteiger partial charge on any atom is -0.462 e. The molecule has 0 aliphatic heterocycles. The molecule has 6 heteroatoms. The second kappa shape index (κ2) is 52.7. The van der Waals surface area contributed by atoms with Crippen LogP contribution >= 0.6 is 0 Å². The third-order valence-corrected chi connectivity index (χ3v) is 10.8. The van der Waals surface area contributed by atoms with Gasteiger partial charge in [0.25, 0.3) is 0 Å². The van der Waals surface area contributed by atoms with Gasteiger partial charge in [0, 0.05) is 19.3 Å². The molecular weight excluding hydrogens is 805 g/mol. The maximum absolute atomic E-state index is 12.8. The van der Waals surface area contributed by atoms with Gasteiger partial charge in [0.05, 0.1) is 0 Å². The molecule has 0 saturated carbocycles. The van der Waals surface area contributed by atoms with Crippen LogP contribution in [0, 0.1) is 0 Å². The van der Waals surface area contributed by atoms with Gasteiger partial charge in [-0.1, -0.05) is 220 Å². The van der Waals surface area contributed by atoms with Crippen molar-refractivity contribution in [2.75, 3.05) is 13.2 Å². The van der Waals surface area contributed by atoms with Gasteiger partial charge in [0.15, 0.2) is 6.10 Å². The summed E-state index contributed by atoms with van der Waals surface area (Å²) in [6, 6.07) is 0. The van der Waals surface area contributed by atoms with Crippen molar-refractivity contribution in [3.63, 3.8) is 0 Å². The molecule has 0 bridgehead atoms. The Morgan fingerprint density at radius 3 is 1.06 bits per heavy atom. The number of esters is 3. The fourth-order valence-corrected chi connectivity index (χ4v) is 6.83. The number of unbranched alkanes of at least 4 members (excludes halogenated alkanes) is 17. The fourth-order valence-electron chi connectivity index (χ4n) is 6.83. The van der Waals surface area contributed by atoms with Crippen LogP contribution < -0.4 is 0 Å². The average molecular weight is 901 g/mol. The highest BCUT2D eigenvalue weighted by atomic mass is 16.6. The maximum atomic E-state index is 12.8. The third-order valence-electron chi connectivity index (χ3n) is 10.8. The summed E-state index contributed by atoms with van der Waals surface area (Å²) in [4.78, 5) is 37.9. The van der Waals surface area contributed by atoms with Crippen molar-refractivity contribution in [3.05, 3.63) is 109 Å². The second-order valence-corrected chi connectivity index (χ2v) is 17.1. The molecule has 0 N–H and O–H groups in total. The van der Waals surface area contributed by atoms with Gasteiger partial charge in [0.2, 0.25) is 0 Å². The van der Waals surface area contributed by atoms with Crippen molar-refractivity contribution < 1.29 is 28.6 Å². The molecule has 0 rings (SSSR count). The Morgan fingerprint density at radius 1 is 0.323 bits per heavy atom. The van der Waals surface area contributed by atoms with E-state index in [0.717, 1.165) is 103 Å². The number of hydrogen-bond acceptors (Lipinski definition) is 6. The van der Waals surface area contributed by atoms with Crippen molar-refractivity contribution in [2.24, 2.45) is 0 Å². The Hall–Kier alpha value is -3.93. The number of rotatable bonds is 46. The van der Waals surface area contributed by atoms with Crippen LogP contribution in [0.15, 0.2) is 109 Å². The van der Waals surface area contributed by atoms with E-state index in [1.165, 1.54) is 77.0 Å². The molecule has 0 unspecified atom stereocenters. The molecule has 0 aromatic heterocycles. The molecule has 0 heterocycles. The van der Waals surface area contributed by atoms with Gasteiger partial charge in [-0.3, -0.25) is 14.4 Å². The third kappa shape index (κ3) is 50.9. The zero-order valence-electron chi connectivity index (χ0n) is 42.0. The highest BCUT2D eigenvalue weighted by Crippen LogP contribution is 2.14. The van der Waals surface area contributed by atoms with Gasteiger partial charge in [0.1, 0.15) is 13.2 Å². The van der Waals surface area contributed by atoms with Crippen molar-refractivity contribution in [1.82, 2.24) is 0 Å². The van der Waals surface area contributed by atoms with Gasteiger partial charge in [-0.15, -0.1) is 0 Å². The standard InChI is InChI=1S/C59H96O6/c1-4-7-10-13-16-19-22-24-26-28-29-31-33-35-38-40-43-46-49-52-58(61)64-55-56(65-59(62)53-50-47-44-41-36-21-18-15-12-9-6-3)54-63-57(60)51-48-45-42-39-37-34-32-30-27-25-23-20-17-14-11-8-5-2/h7,10,16-17,19-20,24-27,29,31-32,34-35,38,43,46,56H,4-6,8-9,11-15,18,21-23,28,30,33,36-37,39-42,44-45,47-55H2,1-3H3/b10-7-,19-16-,20-17-,26-24-,27-25-,31-29-,34-32-,38-35-,46-43-/t56-/m0/s1. The van der Waals surface area contributed by atoms with E-state index >= 15 is 0 Å². The van der Waals surface area contributed by atoms with Gasteiger partial charge >= 0.3 is 17.9 Å². The Labute approximate surface area is 400 Å². The van der Waals surface area contributed by atoms with Gasteiger partial charge in [-0.25, -0.2) is 0 Å². The van der Waals surface area contributed by atoms with Crippen LogP contribution in [0.1, 0.15) is 226 Å². The molecule has 0 aliphatic rings. The minimum absolute atomic E-state index is 0.113. The van der Waals surface area contributed by atoms with Crippen LogP contribution in [0.3, 0.4) is 0 Å². The van der Waals surface area contributed by atoms with E-state index in [9.17, 15) is 14.4 Å². The van der Waals surface area contributed by atoms with Crippen LogP contribution in [0.2, 0.25) is 0 Å². The first-order valence-electron chi connectivity index (χ1n) is 26.4. The fraction of sp³-hybridized carbons (Fsp3) is 0.644. The molecule has 0 fully saturated rings. The lowest BCUT2D eigenvalue weighted by Crippen LogP contribution is -2.30. The van der Waals surface area contributed by atoms with Crippen LogP contribution in [0.25, 0.3) is 0 Å². The largest absolute Gasteiger partial charge is 0.462 e. The number of allylic oxidation sites excluding steroid dienone is 18. The Kier molecular flexibility index (Phi) is 49.5. The van der Waals surface area contributed by atoms with Crippen molar-refractivity contribution >= 4 is 17.9 Å². The predicted molar refractivity (Wildman–Crippen MR) is 279 cm³/mol. The van der Waals surface area contributed by atoms with Crippen LogP contribution in [-0.2, 0) is 28.6 Å². The highest BCUT2D eigenvalue weighted by molar-refractivity contribution is 5.71. The molecule has 368 valence electrons. The van der Waals surface area contributed by atoms with E-state index in [2.05, 4.69) is 118 Å². The number of hydrogen-bond donors (Lipinski definition) is 0. The molecule has 1 atom stereocenters. The molecule has 65 heavy (non-hydrogen) atoms. The Bertz CT molecular complexity index is 1360. The average Bonchev–Trinajstić information content (AvgIpc) is 3.30. The topological polar surface area (TPSA) is 78.9 Å². The smallest absolute Gasteiger partial charge is 0.306 e. The first kappa shape index (κ1) is 61.1. The molecule has 0 aromatic rings. The summed E-state index contributed by atoms with van der Waals surface area (Å²) in [6.07, 6.45) is 70.8. The van der Waals surface area contributed by atoms with Crippen molar-refractivity contribution in [3.8, 4) is 0 Å². The SMILES string of the molecule is CC/C=C\C/C=C\C/C=C\C/C=C\C/C=C\C/C=C\CCC(=O)OC[C@H](COC(=O)CCCCCC/C=C\C/C=C\C/C=C\CCCCC)OC(=O)CCCCCCCCCCCCC. The summed E-state index contributed by atoms with van der Waals surface area (Å²) in [6.45, 7) is 6.39. The van der Waals surface area contributed by atoms with Gasteiger partial charge in [-0.2, -0.15) is 0 Å². The van der Waals surface area contributed by atoms with Gasteiger partial charge < -0.3 is 14.2 Å². The molecule has 0 amide bonds. The van der Waals surface area contributed by atoms with E-state index in [1.807, 2.05) is 12.2 Å². The van der Waals surface area contributed by atoms with Gasteiger partial charge in [-0.05, 0) is 96.3 Å². The second-order valence-electron chi connectivity index (χ2n) is 17.1. The highest BCUT2D eigenvalue weighted by Gasteiger charge is 2.19. The first-order chi connectivity index (χ1) is 32.0. The van der Waals surface area contributed by atoms with E-state index in [4.69, 9.17) is 14.2 Å². The Balaban J connectivity index is 4.51. The number of ether oxygens (including phenoxy) is 3. The Morgan fingerprint density at radius 2 is 0.631 bits per heavy atom. The van der Waals surface area contributed by atoms with E-state index in [-0.39, 0.29) is 37.5 Å². The quantitative estimate of drug-likeness (QED) is 0.0262. The summed E-state index contributed by atoms with van der Waals surface area (Å²) >= 11 is 0. The molecule has 0 saturated heterocycles. The lowest BCUT2D eigenvalue weighted by molar-refractivity contribution is -0.166. The summed E-state index contributed by atoms with van der Waals surface area (Å²) in [5.74, 6) is -1.02. The summed E-state index contributed by atoms with van der Waals surface area (Å²) in [5.41, 5.74) is 0. The number of carbonyl (C=O) groups is 3. The molecule has 0 aromatic carbocycles. The normalized spacial score (nSPS) is 13.0. The minimum atomic E-state index is -0.817. The van der Waals surface area contributed by atoms with Crippen molar-refractivity contribution in [2.45, 2.75) is 232 Å². The summed E-state index contributed by atoms with van der Waals surface area (Å²) in [7, 11) is 0. The van der Waals surface area contributed by atoms with E-state index in [0.29, 0.717) is 19.3 Å². The van der Waals surface area contributed by atoms with E-state index in [1.54, 1.807) is 0 Å². The lowest BCUT2D eigenvalue weighted by atomic mass is 10.1. The van der Waals surface area contributed by atoms with E-state index < -0.39 is 6.10 Å². The molecule has 6 nitrogen and oxygen atoms in total.